The van der Waals surface area contributed by atoms with Gasteiger partial charge in [-0.15, -0.1) is 0 Å². The van der Waals surface area contributed by atoms with Crippen LogP contribution in [0.15, 0.2) is 29.3 Å². The maximum Gasteiger partial charge on any atom is 0.313 e. The summed E-state index contributed by atoms with van der Waals surface area (Å²) in [7, 11) is 0. The summed E-state index contributed by atoms with van der Waals surface area (Å²) in [6, 6.07) is 7.03. The average molecular weight is 345 g/mol. The van der Waals surface area contributed by atoms with Crippen molar-refractivity contribution < 1.29 is 9.90 Å². The van der Waals surface area contributed by atoms with E-state index in [1.807, 2.05) is 19.9 Å². The van der Waals surface area contributed by atoms with Crippen molar-refractivity contribution in [1.82, 2.24) is 9.78 Å². The number of hydrogen-bond donors (Lipinski definition) is 1. The molecular weight excluding hydrogens is 331 g/mol. The molecule has 0 amide bonds. The predicted octanol–water partition coefficient (Wildman–Crippen LogP) is 4.48. The summed E-state index contributed by atoms with van der Waals surface area (Å²) in [4.78, 5) is 10.8. The average Bonchev–Trinajstić information content (AvgIpc) is 2.80. The first-order chi connectivity index (χ1) is 9.88. The lowest BCUT2D eigenvalue weighted by molar-refractivity contribution is -0.133. The Hall–Kier alpha value is -1.17. The van der Waals surface area contributed by atoms with E-state index in [2.05, 4.69) is 5.10 Å². The van der Waals surface area contributed by atoms with Gasteiger partial charge in [-0.05, 0) is 30.2 Å². The van der Waals surface area contributed by atoms with E-state index in [0.29, 0.717) is 15.7 Å². The van der Waals surface area contributed by atoms with Gasteiger partial charge in [-0.3, -0.25) is 4.79 Å². The number of aromatic nitrogens is 2. The highest BCUT2D eigenvalue weighted by Gasteiger charge is 2.15. The zero-order valence-electron chi connectivity index (χ0n) is 11.5. The highest BCUT2D eigenvalue weighted by Crippen LogP contribution is 2.30. The Morgan fingerprint density at radius 1 is 1.38 bits per heavy atom. The van der Waals surface area contributed by atoms with Crippen molar-refractivity contribution in [3.63, 3.8) is 0 Å². The van der Waals surface area contributed by atoms with Crippen LogP contribution in [0.1, 0.15) is 25.5 Å². The molecule has 7 heteroatoms. The number of benzene rings is 1. The zero-order valence-corrected chi connectivity index (χ0v) is 13.8. The monoisotopic (exact) mass is 344 g/mol. The van der Waals surface area contributed by atoms with Crippen LogP contribution in [-0.4, -0.2) is 26.6 Å². The van der Waals surface area contributed by atoms with E-state index in [4.69, 9.17) is 28.3 Å². The van der Waals surface area contributed by atoms with Crippen molar-refractivity contribution in [3.05, 3.63) is 40.0 Å². The van der Waals surface area contributed by atoms with Gasteiger partial charge in [0, 0.05) is 5.02 Å². The number of carboxylic acids is 1. The zero-order chi connectivity index (χ0) is 15.6. The van der Waals surface area contributed by atoms with E-state index in [1.54, 1.807) is 22.9 Å². The molecule has 21 heavy (non-hydrogen) atoms. The summed E-state index contributed by atoms with van der Waals surface area (Å²) in [5.74, 6) is -0.670. The van der Waals surface area contributed by atoms with Gasteiger partial charge in [-0.2, -0.15) is 5.10 Å². The molecule has 1 aromatic carbocycles. The molecule has 0 bridgehead atoms. The third-order valence-corrected chi connectivity index (χ3v) is 4.28. The molecule has 0 saturated carbocycles. The molecule has 0 aliphatic heterocycles. The molecule has 1 heterocycles. The number of carboxylic acid groups (broad SMARTS) is 1. The van der Waals surface area contributed by atoms with Gasteiger partial charge in [0.2, 0.25) is 0 Å². The van der Waals surface area contributed by atoms with Crippen molar-refractivity contribution in [1.29, 1.82) is 0 Å². The minimum Gasteiger partial charge on any atom is -0.481 e. The van der Waals surface area contributed by atoms with Gasteiger partial charge in [0.1, 0.15) is 5.03 Å². The number of hydrogen-bond acceptors (Lipinski definition) is 3. The molecule has 2 aromatic rings. The van der Waals surface area contributed by atoms with Crippen LogP contribution in [0, 0.1) is 0 Å². The van der Waals surface area contributed by atoms with Crippen LogP contribution in [0.3, 0.4) is 0 Å². The van der Waals surface area contributed by atoms with E-state index in [0.717, 1.165) is 10.7 Å². The first-order valence-electron chi connectivity index (χ1n) is 6.28. The Bertz CT molecular complexity index is 671. The lowest BCUT2D eigenvalue weighted by atomic mass is 10.1. The topological polar surface area (TPSA) is 55.1 Å². The van der Waals surface area contributed by atoms with Crippen LogP contribution < -0.4 is 0 Å². The van der Waals surface area contributed by atoms with Crippen LogP contribution in [0.25, 0.3) is 5.69 Å². The number of aliphatic carboxylic acids is 1. The third kappa shape index (κ3) is 3.93. The highest BCUT2D eigenvalue weighted by atomic mass is 35.5. The van der Waals surface area contributed by atoms with E-state index in [9.17, 15) is 4.79 Å². The normalized spacial score (nSPS) is 11.1. The summed E-state index contributed by atoms with van der Waals surface area (Å²) in [5.41, 5.74) is 1.56. The van der Waals surface area contributed by atoms with Crippen molar-refractivity contribution >= 4 is 40.9 Å². The minimum absolute atomic E-state index is 0.0333. The number of halogens is 2. The molecule has 0 aliphatic rings. The van der Waals surface area contributed by atoms with Crippen molar-refractivity contribution in [2.45, 2.75) is 24.8 Å². The maximum absolute atomic E-state index is 10.8. The quantitative estimate of drug-likeness (QED) is 0.812. The summed E-state index contributed by atoms with van der Waals surface area (Å²) in [5, 5.41) is 15.1. The molecule has 1 aromatic heterocycles. The first-order valence-corrected chi connectivity index (χ1v) is 8.02. The molecule has 0 radical (unpaired) electrons. The van der Waals surface area contributed by atoms with Gasteiger partial charge in [-0.25, -0.2) is 4.68 Å². The van der Waals surface area contributed by atoms with Crippen LogP contribution in [0.2, 0.25) is 10.0 Å². The highest BCUT2D eigenvalue weighted by molar-refractivity contribution is 7.99. The maximum atomic E-state index is 10.8. The molecular formula is C14H14Cl2N2O2S. The van der Waals surface area contributed by atoms with E-state index in [1.165, 1.54) is 11.8 Å². The second-order valence-corrected chi connectivity index (χ2v) is 6.59. The molecule has 0 aliphatic carbocycles. The molecule has 4 nitrogen and oxygen atoms in total. The Morgan fingerprint density at radius 2 is 2.10 bits per heavy atom. The van der Waals surface area contributed by atoms with E-state index >= 15 is 0 Å². The number of nitrogens with zero attached hydrogens (tertiary/aromatic N) is 2. The fourth-order valence-corrected chi connectivity index (χ4v) is 2.95. The van der Waals surface area contributed by atoms with Crippen LogP contribution in [-0.2, 0) is 4.79 Å². The summed E-state index contributed by atoms with van der Waals surface area (Å²) in [6.07, 6.45) is 0. The van der Waals surface area contributed by atoms with Gasteiger partial charge in [-0.1, -0.05) is 48.8 Å². The lowest BCUT2D eigenvalue weighted by Gasteiger charge is -2.08. The summed E-state index contributed by atoms with van der Waals surface area (Å²) >= 11 is 13.3. The molecule has 0 spiro atoms. The Balaban J connectivity index is 2.46. The second-order valence-electron chi connectivity index (χ2n) is 4.75. The molecule has 0 saturated heterocycles. The first kappa shape index (κ1) is 16.2. The van der Waals surface area contributed by atoms with E-state index < -0.39 is 5.97 Å². The van der Waals surface area contributed by atoms with Crippen LogP contribution in [0.5, 0.6) is 0 Å². The lowest BCUT2D eigenvalue weighted by Crippen LogP contribution is -2.03. The molecule has 0 fully saturated rings. The van der Waals surface area contributed by atoms with Crippen molar-refractivity contribution in [2.75, 3.05) is 5.75 Å². The molecule has 2 rings (SSSR count). The fraction of sp³-hybridized carbons (Fsp3) is 0.286. The third-order valence-electron chi connectivity index (χ3n) is 2.77. The summed E-state index contributed by atoms with van der Waals surface area (Å²) < 4.78 is 1.67. The van der Waals surface area contributed by atoms with Gasteiger partial charge >= 0.3 is 5.97 Å². The Kier molecular flexibility index (Phi) is 5.19. The van der Waals surface area contributed by atoms with Gasteiger partial charge in [0.05, 0.1) is 22.2 Å². The number of thioether (sulfide) groups is 1. The van der Waals surface area contributed by atoms with Crippen molar-refractivity contribution in [2.24, 2.45) is 0 Å². The smallest absolute Gasteiger partial charge is 0.313 e. The molecule has 112 valence electrons. The van der Waals surface area contributed by atoms with E-state index in [-0.39, 0.29) is 11.7 Å². The number of rotatable bonds is 5. The Morgan fingerprint density at radius 3 is 2.67 bits per heavy atom. The SMILES string of the molecule is CC(C)c1cc(SCC(=O)O)n(-c2ccc(Cl)cc2Cl)n1. The Labute approximate surface area is 137 Å². The predicted molar refractivity (Wildman–Crippen MR) is 86.0 cm³/mol. The number of carbonyl (C=O) groups is 1. The fourth-order valence-electron chi connectivity index (χ4n) is 1.73. The standard InChI is InChI=1S/C14H14Cl2N2O2S/c1-8(2)11-6-13(21-7-14(19)20)18(17-11)12-4-3-9(15)5-10(12)16/h3-6,8H,7H2,1-2H3,(H,19,20). The summed E-state index contributed by atoms with van der Waals surface area (Å²) in [6.45, 7) is 4.06. The molecule has 1 N–H and O–H groups in total. The van der Waals surface area contributed by atoms with Gasteiger partial charge < -0.3 is 5.11 Å². The van der Waals surface area contributed by atoms with Crippen molar-refractivity contribution in [3.8, 4) is 5.69 Å². The molecule has 0 atom stereocenters. The minimum atomic E-state index is -0.874. The van der Waals surface area contributed by atoms with Gasteiger partial charge in [0.25, 0.3) is 0 Å². The van der Waals surface area contributed by atoms with Crippen LogP contribution >= 0.6 is 35.0 Å². The van der Waals surface area contributed by atoms with Gasteiger partial charge in [0.15, 0.2) is 0 Å². The second kappa shape index (κ2) is 6.73. The van der Waals surface area contributed by atoms with Crippen LogP contribution in [0.4, 0.5) is 0 Å². The molecule has 0 unspecified atom stereocenters. The largest absolute Gasteiger partial charge is 0.481 e.